The topological polar surface area (TPSA) is 26.0 Å². The monoisotopic (exact) mass is 162 g/mol. The molecule has 0 aliphatic heterocycles. The molecule has 2 N–H and O–H groups in total. The first-order chi connectivity index (χ1) is 2.27. The van der Waals surface area contributed by atoms with Crippen LogP contribution in [-0.2, 0) is 17.1 Å². The van der Waals surface area contributed by atoms with Crippen molar-refractivity contribution in [2.45, 2.75) is 0 Å². The zero-order valence-corrected chi connectivity index (χ0v) is 6.09. The van der Waals surface area contributed by atoms with Gasteiger partial charge in [-0.2, -0.15) is 0 Å². The predicted octanol–water partition coefficient (Wildman–Crippen LogP) is 0.591. The van der Waals surface area contributed by atoms with Crippen LogP contribution in [0.5, 0.6) is 0 Å². The molecule has 1 radical (unpaired) electrons. The van der Waals surface area contributed by atoms with Crippen LogP contribution in [0.4, 0.5) is 0 Å². The van der Waals surface area contributed by atoms with Crippen LogP contribution in [-0.4, -0.2) is 10.6 Å². The quantitative estimate of drug-likeness (QED) is 0.417. The summed E-state index contributed by atoms with van der Waals surface area (Å²) in [5.74, 6) is 0. The fourth-order valence-electron chi connectivity index (χ4n) is 0. The van der Waals surface area contributed by atoms with Crippen LogP contribution in [0, 0.1) is 0 Å². The normalized spacial score (nSPS) is 6.17. The van der Waals surface area contributed by atoms with Gasteiger partial charge in [0.25, 0.3) is 0 Å². The zero-order valence-electron chi connectivity index (χ0n) is 3.27. The van der Waals surface area contributed by atoms with Crippen LogP contribution >= 0.6 is 24.0 Å². The van der Waals surface area contributed by atoms with Crippen molar-refractivity contribution in [3.63, 3.8) is 0 Å². The van der Waals surface area contributed by atoms with E-state index >= 15 is 0 Å². The van der Waals surface area contributed by atoms with Gasteiger partial charge in [0.1, 0.15) is 4.32 Å². The molecule has 0 fully saturated rings. The van der Waals surface area contributed by atoms with E-state index in [1.807, 2.05) is 6.26 Å². The second-order valence-electron chi connectivity index (χ2n) is 0.523. The van der Waals surface area contributed by atoms with Gasteiger partial charge in [0, 0.05) is 17.1 Å². The van der Waals surface area contributed by atoms with Crippen LogP contribution in [0.25, 0.3) is 0 Å². The summed E-state index contributed by atoms with van der Waals surface area (Å²) in [5.41, 5.74) is 4.99. The molecule has 0 aromatic rings. The summed E-state index contributed by atoms with van der Waals surface area (Å²) < 4.78 is 0.505. The Bertz CT molecular complexity index is 46.8. The van der Waals surface area contributed by atoms with Crippen molar-refractivity contribution >= 4 is 28.3 Å². The number of thioether (sulfide) groups is 1. The average molecular weight is 162 g/mol. The average Bonchev–Trinajstić information content (AvgIpc) is 1.38. The van der Waals surface area contributed by atoms with Gasteiger partial charge in [-0.1, -0.05) is 12.2 Å². The Kier molecular flexibility index (Phi) is 9.50. The third kappa shape index (κ3) is 8.83. The van der Waals surface area contributed by atoms with Crippen molar-refractivity contribution in [2.75, 3.05) is 6.26 Å². The number of hydrogen-bond acceptors (Lipinski definition) is 2. The standard InChI is InChI=1S/C2H5NS2.Mn/c1-5-2(3)4;/h1H3,(H2,3,4);. The van der Waals surface area contributed by atoms with Crippen molar-refractivity contribution in [3.8, 4) is 0 Å². The van der Waals surface area contributed by atoms with Crippen molar-refractivity contribution in [1.29, 1.82) is 0 Å². The van der Waals surface area contributed by atoms with Crippen molar-refractivity contribution < 1.29 is 17.1 Å². The first-order valence-corrected chi connectivity index (χ1v) is 2.74. The molecular formula is C2H5MnNS2. The Morgan fingerprint density at radius 2 is 2.00 bits per heavy atom. The predicted molar refractivity (Wildman–Crippen MR) is 30.3 cm³/mol. The van der Waals surface area contributed by atoms with Crippen molar-refractivity contribution in [1.82, 2.24) is 0 Å². The largest absolute Gasteiger partial charge is 0.385 e. The van der Waals surface area contributed by atoms with Crippen molar-refractivity contribution in [2.24, 2.45) is 5.73 Å². The summed E-state index contributed by atoms with van der Waals surface area (Å²) in [6.07, 6.45) is 1.85. The van der Waals surface area contributed by atoms with Gasteiger partial charge in [-0.15, -0.1) is 11.8 Å². The SMILES string of the molecule is CSC(N)=S.[Mn]. The molecule has 6 heavy (non-hydrogen) atoms. The van der Waals surface area contributed by atoms with Gasteiger partial charge in [0.2, 0.25) is 0 Å². The molecule has 37 valence electrons. The van der Waals surface area contributed by atoms with Gasteiger partial charge < -0.3 is 5.73 Å². The molecule has 0 aromatic carbocycles. The van der Waals surface area contributed by atoms with E-state index < -0.39 is 0 Å². The zero-order chi connectivity index (χ0) is 4.28. The Balaban J connectivity index is 0. The maximum atomic E-state index is 4.99. The molecule has 0 heterocycles. The van der Waals surface area contributed by atoms with E-state index in [0.29, 0.717) is 4.32 Å². The molecule has 0 spiro atoms. The van der Waals surface area contributed by atoms with Crippen LogP contribution < -0.4 is 5.73 Å². The molecule has 0 aliphatic rings. The van der Waals surface area contributed by atoms with E-state index in [-0.39, 0.29) is 17.1 Å². The Hall–Kier alpha value is 0.759. The maximum absolute atomic E-state index is 4.99. The molecule has 4 heteroatoms. The molecule has 0 saturated carbocycles. The molecule has 0 aromatic heterocycles. The fraction of sp³-hybridized carbons (Fsp3) is 0.500. The summed E-state index contributed by atoms with van der Waals surface area (Å²) in [5, 5.41) is 0. The van der Waals surface area contributed by atoms with Crippen molar-refractivity contribution in [3.05, 3.63) is 0 Å². The third-order valence-corrected chi connectivity index (χ3v) is 1.10. The second kappa shape index (κ2) is 5.76. The molecule has 0 saturated heterocycles. The van der Waals surface area contributed by atoms with E-state index in [0.717, 1.165) is 0 Å². The molecular weight excluding hydrogens is 157 g/mol. The van der Waals surface area contributed by atoms with E-state index in [1.54, 1.807) is 0 Å². The Morgan fingerprint density at radius 3 is 2.00 bits per heavy atom. The second-order valence-corrected chi connectivity index (χ2v) is 2.07. The Labute approximate surface area is 57.5 Å². The first-order valence-electron chi connectivity index (χ1n) is 1.11. The summed E-state index contributed by atoms with van der Waals surface area (Å²) in [6, 6.07) is 0. The molecule has 1 nitrogen and oxygen atoms in total. The van der Waals surface area contributed by atoms with E-state index in [4.69, 9.17) is 5.73 Å². The summed E-state index contributed by atoms with van der Waals surface area (Å²) in [4.78, 5) is 0. The Morgan fingerprint density at radius 1 is 1.83 bits per heavy atom. The molecule has 0 aliphatic carbocycles. The van der Waals surface area contributed by atoms with Crippen LogP contribution in [0.15, 0.2) is 0 Å². The number of rotatable bonds is 0. The molecule has 0 atom stereocenters. The minimum atomic E-state index is 0. The third-order valence-electron chi connectivity index (χ3n) is 0.201. The van der Waals surface area contributed by atoms with E-state index in [9.17, 15) is 0 Å². The molecule has 0 unspecified atom stereocenters. The smallest absolute Gasteiger partial charge is 0.130 e. The number of thiocarbonyl (C=S) groups is 1. The van der Waals surface area contributed by atoms with E-state index in [2.05, 4.69) is 12.2 Å². The maximum Gasteiger partial charge on any atom is 0.130 e. The van der Waals surface area contributed by atoms with Gasteiger partial charge in [-0.05, 0) is 6.26 Å². The first kappa shape index (κ1) is 9.90. The van der Waals surface area contributed by atoms with Gasteiger partial charge in [0.05, 0.1) is 0 Å². The fourth-order valence-corrected chi connectivity index (χ4v) is 0. The number of nitrogens with two attached hydrogens (primary N) is 1. The molecule has 0 bridgehead atoms. The minimum absolute atomic E-state index is 0. The van der Waals surface area contributed by atoms with Gasteiger partial charge in [-0.25, -0.2) is 0 Å². The van der Waals surface area contributed by atoms with Crippen LogP contribution in [0.3, 0.4) is 0 Å². The molecule has 0 amide bonds. The van der Waals surface area contributed by atoms with Crippen LogP contribution in [0.1, 0.15) is 0 Å². The summed E-state index contributed by atoms with van der Waals surface area (Å²) >= 11 is 5.83. The van der Waals surface area contributed by atoms with E-state index in [1.165, 1.54) is 11.8 Å². The van der Waals surface area contributed by atoms with Gasteiger partial charge in [-0.3, -0.25) is 0 Å². The van der Waals surface area contributed by atoms with Gasteiger partial charge in [0.15, 0.2) is 0 Å². The number of hydrogen-bond donors (Lipinski definition) is 1. The summed E-state index contributed by atoms with van der Waals surface area (Å²) in [7, 11) is 0. The molecule has 0 rings (SSSR count). The minimum Gasteiger partial charge on any atom is -0.385 e. The van der Waals surface area contributed by atoms with Crippen LogP contribution in [0.2, 0.25) is 0 Å². The summed E-state index contributed by atoms with van der Waals surface area (Å²) in [6.45, 7) is 0. The van der Waals surface area contributed by atoms with Gasteiger partial charge >= 0.3 is 0 Å².